The first kappa shape index (κ1) is 17.0. The van der Waals surface area contributed by atoms with Gasteiger partial charge in [0.1, 0.15) is 16.6 Å². The molecule has 0 aliphatic rings. The van der Waals surface area contributed by atoms with Crippen LogP contribution in [0.2, 0.25) is 0 Å². The van der Waals surface area contributed by atoms with Crippen LogP contribution >= 0.6 is 11.6 Å². The summed E-state index contributed by atoms with van der Waals surface area (Å²) >= 11 is 6.28. The van der Waals surface area contributed by atoms with Gasteiger partial charge in [-0.2, -0.15) is 0 Å². The van der Waals surface area contributed by atoms with Gasteiger partial charge in [0, 0.05) is 12.6 Å². The normalized spacial score (nSPS) is 11.6. The Morgan fingerprint density at radius 1 is 1.16 bits per heavy atom. The van der Waals surface area contributed by atoms with Gasteiger partial charge in [-0.3, -0.25) is 4.79 Å². The van der Waals surface area contributed by atoms with E-state index >= 15 is 0 Å². The Hall–Kier alpha value is -2.86. The molecule has 1 amide bonds. The summed E-state index contributed by atoms with van der Waals surface area (Å²) in [6.07, 6.45) is 1.71. The Balaban J connectivity index is 1.81. The molecule has 1 aromatic carbocycles. The topological polar surface area (TPSA) is 81.2 Å². The summed E-state index contributed by atoms with van der Waals surface area (Å²) in [5, 5.41) is 11.0. The van der Waals surface area contributed by atoms with Gasteiger partial charge >= 0.3 is 0 Å². The van der Waals surface area contributed by atoms with Crippen LogP contribution in [0.5, 0.6) is 0 Å². The Labute approximate surface area is 149 Å². The van der Waals surface area contributed by atoms with Crippen molar-refractivity contribution in [3.8, 4) is 11.5 Å². The highest BCUT2D eigenvalue weighted by Crippen LogP contribution is 2.29. The molecule has 0 saturated heterocycles. The fourth-order valence-corrected chi connectivity index (χ4v) is 2.55. The van der Waals surface area contributed by atoms with Crippen molar-refractivity contribution >= 4 is 34.3 Å². The van der Waals surface area contributed by atoms with Crippen molar-refractivity contribution in [1.82, 2.24) is 10.2 Å². The van der Waals surface area contributed by atoms with Crippen molar-refractivity contribution in [2.75, 3.05) is 5.32 Å². The lowest BCUT2D eigenvalue weighted by Crippen LogP contribution is -2.05. The second kappa shape index (κ2) is 6.94. The molecule has 0 saturated carbocycles. The molecule has 6 nitrogen and oxygen atoms in total. The highest BCUT2D eigenvalue weighted by atomic mass is 35.5. The van der Waals surface area contributed by atoms with E-state index in [9.17, 15) is 4.79 Å². The van der Waals surface area contributed by atoms with E-state index in [0.717, 1.165) is 16.9 Å². The van der Waals surface area contributed by atoms with Gasteiger partial charge in [-0.25, -0.2) is 0 Å². The summed E-state index contributed by atoms with van der Waals surface area (Å²) in [5.41, 5.74) is 2.31. The zero-order valence-electron chi connectivity index (χ0n) is 14.0. The van der Waals surface area contributed by atoms with Gasteiger partial charge in [0.25, 0.3) is 11.8 Å². The SMILES string of the molecule is CC(=O)Nc1ccc(/C=C(\Cl)c2nnc(-c3cc(C)oc3C)o2)cc1. The number of halogens is 1. The number of aromatic nitrogens is 2. The summed E-state index contributed by atoms with van der Waals surface area (Å²) in [6, 6.07) is 9.07. The summed E-state index contributed by atoms with van der Waals surface area (Å²) in [7, 11) is 0. The average Bonchev–Trinajstić information content (AvgIpc) is 3.15. The summed E-state index contributed by atoms with van der Waals surface area (Å²) < 4.78 is 11.1. The number of hydrogen-bond donors (Lipinski definition) is 1. The first-order chi connectivity index (χ1) is 11.9. The molecule has 0 fully saturated rings. The lowest BCUT2D eigenvalue weighted by Gasteiger charge is -2.02. The van der Waals surface area contributed by atoms with Crippen molar-refractivity contribution in [2.45, 2.75) is 20.8 Å². The molecule has 0 aliphatic heterocycles. The van der Waals surface area contributed by atoms with Gasteiger partial charge in [-0.05, 0) is 43.7 Å². The Bertz CT molecular complexity index is 939. The number of nitrogens with zero attached hydrogens (tertiary/aromatic N) is 2. The van der Waals surface area contributed by atoms with Gasteiger partial charge in [-0.1, -0.05) is 23.7 Å². The van der Waals surface area contributed by atoms with E-state index in [0.29, 0.717) is 22.4 Å². The number of benzene rings is 1. The lowest BCUT2D eigenvalue weighted by atomic mass is 10.2. The number of amides is 1. The van der Waals surface area contributed by atoms with Gasteiger partial charge in [0.15, 0.2) is 0 Å². The minimum Gasteiger partial charge on any atom is -0.466 e. The number of rotatable bonds is 4. The summed E-state index contributed by atoms with van der Waals surface area (Å²) in [4.78, 5) is 11.0. The van der Waals surface area contributed by atoms with Crippen LogP contribution in [0.25, 0.3) is 22.6 Å². The molecule has 0 aliphatic carbocycles. The minimum absolute atomic E-state index is 0.121. The largest absolute Gasteiger partial charge is 0.466 e. The fourth-order valence-electron chi connectivity index (χ4n) is 2.35. The number of furan rings is 1. The van der Waals surface area contributed by atoms with E-state index in [1.807, 2.05) is 32.0 Å². The van der Waals surface area contributed by atoms with Crippen LogP contribution in [0.4, 0.5) is 5.69 Å². The van der Waals surface area contributed by atoms with Crippen LogP contribution in [0.3, 0.4) is 0 Å². The quantitative estimate of drug-likeness (QED) is 0.735. The molecule has 1 N–H and O–H groups in total. The monoisotopic (exact) mass is 357 g/mol. The maximum absolute atomic E-state index is 11.0. The molecular weight excluding hydrogens is 342 g/mol. The smallest absolute Gasteiger partial charge is 0.259 e. The predicted molar refractivity (Wildman–Crippen MR) is 95.9 cm³/mol. The first-order valence-electron chi connectivity index (χ1n) is 7.58. The standard InChI is InChI=1S/C18H16ClN3O3/c1-10-8-15(11(2)24-10)17-21-22-18(25-17)16(19)9-13-4-6-14(7-5-13)20-12(3)23/h4-9H,1-3H3,(H,20,23)/b16-9-. The molecule has 0 radical (unpaired) electrons. The Morgan fingerprint density at radius 2 is 1.88 bits per heavy atom. The van der Waals surface area contributed by atoms with Crippen LogP contribution < -0.4 is 5.32 Å². The first-order valence-corrected chi connectivity index (χ1v) is 7.96. The van der Waals surface area contributed by atoms with E-state index in [4.69, 9.17) is 20.4 Å². The number of carbonyl (C=O) groups excluding carboxylic acids is 1. The third-order valence-electron chi connectivity index (χ3n) is 3.43. The minimum atomic E-state index is -0.121. The molecule has 3 rings (SSSR count). The van der Waals surface area contributed by atoms with Crippen LogP contribution in [-0.4, -0.2) is 16.1 Å². The van der Waals surface area contributed by atoms with Crippen LogP contribution in [-0.2, 0) is 4.79 Å². The van der Waals surface area contributed by atoms with E-state index in [2.05, 4.69) is 15.5 Å². The van der Waals surface area contributed by atoms with Crippen molar-refractivity contribution in [3.05, 3.63) is 53.3 Å². The van der Waals surface area contributed by atoms with E-state index in [1.54, 1.807) is 18.2 Å². The third-order valence-corrected chi connectivity index (χ3v) is 3.70. The maximum atomic E-state index is 11.0. The van der Waals surface area contributed by atoms with Crippen LogP contribution in [0, 0.1) is 13.8 Å². The molecular formula is C18H16ClN3O3. The molecule has 7 heteroatoms. The van der Waals surface area contributed by atoms with Crippen molar-refractivity contribution < 1.29 is 13.6 Å². The van der Waals surface area contributed by atoms with Crippen molar-refractivity contribution in [1.29, 1.82) is 0 Å². The van der Waals surface area contributed by atoms with Crippen LogP contribution in [0.1, 0.15) is 29.9 Å². The zero-order chi connectivity index (χ0) is 18.0. The molecule has 3 aromatic rings. The van der Waals surface area contributed by atoms with Gasteiger partial charge in [-0.15, -0.1) is 10.2 Å². The number of aryl methyl sites for hydroxylation is 2. The third kappa shape index (κ3) is 3.97. The number of anilines is 1. The molecule has 2 heterocycles. The summed E-state index contributed by atoms with van der Waals surface area (Å²) in [6.45, 7) is 5.15. The highest BCUT2D eigenvalue weighted by molar-refractivity contribution is 6.50. The second-order valence-corrected chi connectivity index (χ2v) is 5.94. The molecule has 128 valence electrons. The van der Waals surface area contributed by atoms with Gasteiger partial charge < -0.3 is 14.2 Å². The lowest BCUT2D eigenvalue weighted by molar-refractivity contribution is -0.114. The summed E-state index contributed by atoms with van der Waals surface area (Å²) in [5.74, 6) is 1.94. The van der Waals surface area contributed by atoms with E-state index in [-0.39, 0.29) is 11.8 Å². The molecule has 0 unspecified atom stereocenters. The highest BCUT2D eigenvalue weighted by Gasteiger charge is 2.16. The Kier molecular flexibility index (Phi) is 4.72. The van der Waals surface area contributed by atoms with Crippen LogP contribution in [0.15, 0.2) is 39.2 Å². The van der Waals surface area contributed by atoms with Gasteiger partial charge in [0.05, 0.1) is 5.56 Å². The molecule has 0 spiro atoms. The number of nitrogens with one attached hydrogen (secondary N) is 1. The second-order valence-electron chi connectivity index (χ2n) is 5.53. The maximum Gasteiger partial charge on any atom is 0.259 e. The van der Waals surface area contributed by atoms with Gasteiger partial charge in [0.2, 0.25) is 5.91 Å². The fraction of sp³-hybridized carbons (Fsp3) is 0.167. The van der Waals surface area contributed by atoms with Crippen molar-refractivity contribution in [2.24, 2.45) is 0 Å². The molecule has 25 heavy (non-hydrogen) atoms. The Morgan fingerprint density at radius 3 is 2.48 bits per heavy atom. The average molecular weight is 358 g/mol. The number of hydrogen-bond acceptors (Lipinski definition) is 5. The zero-order valence-corrected chi connectivity index (χ0v) is 14.7. The van der Waals surface area contributed by atoms with E-state index < -0.39 is 0 Å². The molecule has 2 aromatic heterocycles. The van der Waals surface area contributed by atoms with Crippen molar-refractivity contribution in [3.63, 3.8) is 0 Å². The number of carbonyl (C=O) groups is 1. The molecule has 0 atom stereocenters. The molecule has 0 bridgehead atoms. The van der Waals surface area contributed by atoms with E-state index in [1.165, 1.54) is 6.92 Å². The predicted octanol–water partition coefficient (Wildman–Crippen LogP) is 4.64.